The highest BCUT2D eigenvalue weighted by atomic mass is 16.5. The Labute approximate surface area is 137 Å². The number of aliphatic carboxylic acids is 1. The number of hydrogen-bond donors (Lipinski definition) is 1. The van der Waals surface area contributed by atoms with E-state index < -0.39 is 11.9 Å². The second-order valence-electron chi connectivity index (χ2n) is 5.60. The predicted octanol–water partition coefficient (Wildman–Crippen LogP) is 3.90. The number of carboxylic acid groups (broad SMARTS) is 1. The van der Waals surface area contributed by atoms with Crippen LogP contribution in [0.15, 0.2) is 18.2 Å². The molecule has 5 heteroatoms. The molecule has 0 fully saturated rings. The van der Waals surface area contributed by atoms with Crippen LogP contribution in [0.5, 0.6) is 5.75 Å². The van der Waals surface area contributed by atoms with Crippen molar-refractivity contribution in [3.63, 3.8) is 0 Å². The van der Waals surface area contributed by atoms with Gasteiger partial charge in [0.1, 0.15) is 12.4 Å². The van der Waals surface area contributed by atoms with Gasteiger partial charge in [0.2, 0.25) is 0 Å². The maximum atomic E-state index is 11.6. The van der Waals surface area contributed by atoms with Crippen LogP contribution in [0.4, 0.5) is 0 Å². The van der Waals surface area contributed by atoms with Gasteiger partial charge in [-0.05, 0) is 18.1 Å². The van der Waals surface area contributed by atoms with Gasteiger partial charge in [-0.2, -0.15) is 0 Å². The molecule has 0 aliphatic rings. The fourth-order valence-corrected chi connectivity index (χ4v) is 2.51. The van der Waals surface area contributed by atoms with Crippen LogP contribution in [0.25, 0.3) is 0 Å². The van der Waals surface area contributed by atoms with Crippen molar-refractivity contribution < 1.29 is 24.2 Å². The molecular weight excluding hydrogens is 296 g/mol. The van der Waals surface area contributed by atoms with E-state index in [1.165, 1.54) is 14.0 Å². The monoisotopic (exact) mass is 322 g/mol. The molecule has 23 heavy (non-hydrogen) atoms. The zero-order valence-electron chi connectivity index (χ0n) is 14.1. The van der Waals surface area contributed by atoms with Crippen molar-refractivity contribution in [1.82, 2.24) is 0 Å². The lowest BCUT2D eigenvalue weighted by Crippen LogP contribution is -2.13. The average molecular weight is 322 g/mol. The van der Waals surface area contributed by atoms with E-state index in [1.807, 2.05) is 0 Å². The lowest BCUT2D eigenvalue weighted by Gasteiger charge is -2.17. The number of unbranched alkanes of at least 4 members (excludes halogenated alkanes) is 3. The molecule has 0 aliphatic heterocycles. The Bertz CT molecular complexity index is 524. The number of rotatable bonds is 10. The van der Waals surface area contributed by atoms with Crippen molar-refractivity contribution in [3.05, 3.63) is 29.3 Å². The Hall–Kier alpha value is -2.04. The molecule has 1 unspecified atom stereocenters. The Morgan fingerprint density at radius 3 is 2.52 bits per heavy atom. The van der Waals surface area contributed by atoms with Crippen molar-refractivity contribution >= 4 is 11.9 Å². The lowest BCUT2D eigenvalue weighted by molar-refractivity contribution is -0.142. The zero-order valence-corrected chi connectivity index (χ0v) is 14.1. The Balaban J connectivity index is 2.88. The molecule has 5 nitrogen and oxygen atoms in total. The van der Waals surface area contributed by atoms with Gasteiger partial charge in [-0.25, -0.2) is 0 Å². The summed E-state index contributed by atoms with van der Waals surface area (Å²) < 4.78 is 10.3. The van der Waals surface area contributed by atoms with Crippen LogP contribution in [0, 0.1) is 0 Å². The Morgan fingerprint density at radius 2 is 1.96 bits per heavy atom. The van der Waals surface area contributed by atoms with Crippen LogP contribution in [0.2, 0.25) is 0 Å². The molecule has 1 aromatic rings. The van der Waals surface area contributed by atoms with Crippen LogP contribution in [0.1, 0.15) is 63.0 Å². The van der Waals surface area contributed by atoms with E-state index in [-0.39, 0.29) is 12.6 Å². The molecule has 0 spiro atoms. The summed E-state index contributed by atoms with van der Waals surface area (Å²) in [4.78, 5) is 22.5. The van der Waals surface area contributed by atoms with E-state index >= 15 is 0 Å². The molecule has 0 bridgehead atoms. The molecule has 0 heterocycles. The van der Waals surface area contributed by atoms with Crippen molar-refractivity contribution in [3.8, 4) is 5.75 Å². The highest BCUT2D eigenvalue weighted by molar-refractivity contribution is 5.77. The SMILES string of the molecule is CCCCCCC(C(=O)O)c1ccc(COC(C)=O)cc1OC. The number of esters is 1. The fourth-order valence-electron chi connectivity index (χ4n) is 2.51. The quantitative estimate of drug-likeness (QED) is 0.522. The van der Waals surface area contributed by atoms with Gasteiger partial charge in [0.15, 0.2) is 0 Å². The van der Waals surface area contributed by atoms with Crippen molar-refractivity contribution in [2.75, 3.05) is 7.11 Å². The van der Waals surface area contributed by atoms with Crippen LogP contribution in [0.3, 0.4) is 0 Å². The van der Waals surface area contributed by atoms with Crippen molar-refractivity contribution in [2.24, 2.45) is 0 Å². The fraction of sp³-hybridized carbons (Fsp3) is 0.556. The third kappa shape index (κ3) is 6.30. The second kappa shape index (κ2) is 9.87. The minimum Gasteiger partial charge on any atom is -0.496 e. The topological polar surface area (TPSA) is 72.8 Å². The van der Waals surface area contributed by atoms with Crippen LogP contribution in [-0.2, 0) is 20.9 Å². The molecule has 1 aromatic carbocycles. The third-order valence-corrected chi connectivity index (χ3v) is 3.76. The third-order valence-electron chi connectivity index (χ3n) is 3.76. The zero-order chi connectivity index (χ0) is 17.2. The smallest absolute Gasteiger partial charge is 0.311 e. The molecule has 128 valence electrons. The van der Waals surface area contributed by atoms with Gasteiger partial charge in [0.25, 0.3) is 0 Å². The molecule has 0 aliphatic carbocycles. The van der Waals surface area contributed by atoms with Gasteiger partial charge >= 0.3 is 11.9 Å². The summed E-state index contributed by atoms with van der Waals surface area (Å²) >= 11 is 0. The van der Waals surface area contributed by atoms with Crippen molar-refractivity contribution in [2.45, 2.75) is 58.5 Å². The van der Waals surface area contributed by atoms with Gasteiger partial charge < -0.3 is 14.6 Å². The number of carboxylic acids is 1. The number of carbonyl (C=O) groups excluding carboxylic acids is 1. The maximum absolute atomic E-state index is 11.6. The van der Waals surface area contributed by atoms with Crippen LogP contribution >= 0.6 is 0 Å². The van der Waals surface area contributed by atoms with E-state index in [0.717, 1.165) is 31.2 Å². The summed E-state index contributed by atoms with van der Waals surface area (Å²) in [7, 11) is 1.52. The molecular formula is C18H26O5. The summed E-state index contributed by atoms with van der Waals surface area (Å²) in [6, 6.07) is 5.28. The molecule has 0 amide bonds. The van der Waals surface area contributed by atoms with Gasteiger partial charge in [-0.1, -0.05) is 44.7 Å². The maximum Gasteiger partial charge on any atom is 0.311 e. The van der Waals surface area contributed by atoms with E-state index in [1.54, 1.807) is 18.2 Å². The molecule has 1 rings (SSSR count). The summed E-state index contributed by atoms with van der Waals surface area (Å²) in [5, 5.41) is 9.52. The summed E-state index contributed by atoms with van der Waals surface area (Å²) in [6.07, 6.45) is 4.74. The number of ether oxygens (including phenoxy) is 2. The predicted molar refractivity (Wildman–Crippen MR) is 87.6 cm³/mol. The average Bonchev–Trinajstić information content (AvgIpc) is 2.52. The van der Waals surface area contributed by atoms with E-state index in [9.17, 15) is 14.7 Å². The van der Waals surface area contributed by atoms with Gasteiger partial charge in [-0.15, -0.1) is 0 Å². The second-order valence-corrected chi connectivity index (χ2v) is 5.60. The summed E-state index contributed by atoms with van der Waals surface area (Å²) in [6.45, 7) is 3.63. The first-order valence-electron chi connectivity index (χ1n) is 8.02. The first kappa shape index (κ1) is 19.0. The first-order valence-corrected chi connectivity index (χ1v) is 8.02. The van der Waals surface area contributed by atoms with Crippen LogP contribution < -0.4 is 4.74 Å². The normalized spacial score (nSPS) is 11.8. The van der Waals surface area contributed by atoms with E-state index in [2.05, 4.69) is 6.92 Å². The number of hydrogen-bond acceptors (Lipinski definition) is 4. The summed E-state index contributed by atoms with van der Waals surface area (Å²) in [5.74, 6) is -1.25. The standard InChI is InChI=1S/C18H26O5/c1-4-5-6-7-8-16(18(20)21)15-10-9-14(11-17(15)22-3)12-23-13(2)19/h9-11,16H,4-8,12H2,1-3H3,(H,20,21). The molecule has 0 radical (unpaired) electrons. The van der Waals surface area contributed by atoms with E-state index in [4.69, 9.17) is 9.47 Å². The lowest BCUT2D eigenvalue weighted by atomic mass is 9.91. The Kier molecular flexibility index (Phi) is 8.16. The van der Waals surface area contributed by atoms with Gasteiger partial charge in [0.05, 0.1) is 13.0 Å². The summed E-state index contributed by atoms with van der Waals surface area (Å²) in [5.41, 5.74) is 1.44. The molecule has 0 saturated heterocycles. The Morgan fingerprint density at radius 1 is 1.22 bits per heavy atom. The minimum absolute atomic E-state index is 0.153. The number of carbonyl (C=O) groups is 2. The highest BCUT2D eigenvalue weighted by Gasteiger charge is 2.23. The minimum atomic E-state index is -0.840. The highest BCUT2D eigenvalue weighted by Crippen LogP contribution is 2.32. The number of benzene rings is 1. The van der Waals surface area contributed by atoms with Gasteiger partial charge in [-0.3, -0.25) is 9.59 Å². The molecule has 0 saturated carbocycles. The largest absolute Gasteiger partial charge is 0.496 e. The molecule has 1 atom stereocenters. The van der Waals surface area contributed by atoms with E-state index in [0.29, 0.717) is 17.7 Å². The van der Waals surface area contributed by atoms with Crippen molar-refractivity contribution in [1.29, 1.82) is 0 Å². The molecule has 0 aromatic heterocycles. The van der Waals surface area contributed by atoms with Crippen LogP contribution in [-0.4, -0.2) is 24.2 Å². The first-order chi connectivity index (χ1) is 11.0. The molecule has 1 N–H and O–H groups in total. The number of methoxy groups -OCH3 is 1. The van der Waals surface area contributed by atoms with Gasteiger partial charge in [0, 0.05) is 12.5 Å².